The lowest BCUT2D eigenvalue weighted by atomic mass is 9.92. The van der Waals surface area contributed by atoms with Gasteiger partial charge in [0.15, 0.2) is 0 Å². The van der Waals surface area contributed by atoms with Gasteiger partial charge in [-0.05, 0) is 18.9 Å². The summed E-state index contributed by atoms with van der Waals surface area (Å²) >= 11 is 0. The zero-order valence-corrected chi connectivity index (χ0v) is 15.2. The van der Waals surface area contributed by atoms with Crippen molar-refractivity contribution in [3.05, 3.63) is 46.0 Å². The van der Waals surface area contributed by atoms with Gasteiger partial charge in [-0.25, -0.2) is 9.67 Å². The molecule has 0 N–H and O–H groups in total. The molecule has 3 heterocycles. The molecule has 1 saturated carbocycles. The maximum absolute atomic E-state index is 12.1. The first-order valence-corrected chi connectivity index (χ1v) is 9.14. The van der Waals surface area contributed by atoms with Crippen molar-refractivity contribution in [3.63, 3.8) is 0 Å². The van der Waals surface area contributed by atoms with Gasteiger partial charge in [0.05, 0.1) is 25.0 Å². The summed E-state index contributed by atoms with van der Waals surface area (Å²) in [6, 6.07) is 3.47. The monoisotopic (exact) mass is 342 g/mol. The Kier molecular flexibility index (Phi) is 4.02. The molecule has 1 aliphatic heterocycles. The molecular formula is C19H26N4O2. The Balaban J connectivity index is 1.32. The molecule has 0 spiro atoms. The fourth-order valence-electron chi connectivity index (χ4n) is 3.29. The first-order valence-electron chi connectivity index (χ1n) is 9.14. The Morgan fingerprint density at radius 1 is 1.24 bits per heavy atom. The molecule has 2 fully saturated rings. The van der Waals surface area contributed by atoms with Gasteiger partial charge in [-0.2, -0.15) is 5.10 Å². The van der Waals surface area contributed by atoms with Crippen molar-refractivity contribution in [2.45, 2.75) is 58.0 Å². The molecule has 0 atom stereocenters. The third-order valence-corrected chi connectivity index (χ3v) is 5.01. The van der Waals surface area contributed by atoms with Crippen LogP contribution in [0.5, 0.6) is 0 Å². The number of nitrogens with zero attached hydrogens (tertiary/aromatic N) is 4. The van der Waals surface area contributed by atoms with Gasteiger partial charge in [-0.1, -0.05) is 20.8 Å². The molecular weight excluding hydrogens is 316 g/mol. The number of oxazole rings is 1. The molecule has 1 saturated heterocycles. The van der Waals surface area contributed by atoms with Crippen LogP contribution < -0.4 is 5.56 Å². The van der Waals surface area contributed by atoms with Crippen molar-refractivity contribution in [1.29, 1.82) is 0 Å². The van der Waals surface area contributed by atoms with Gasteiger partial charge in [0, 0.05) is 36.4 Å². The minimum atomic E-state index is -0.0503. The molecule has 2 aliphatic rings. The van der Waals surface area contributed by atoms with E-state index in [9.17, 15) is 4.79 Å². The van der Waals surface area contributed by atoms with E-state index >= 15 is 0 Å². The Hall–Kier alpha value is -1.95. The van der Waals surface area contributed by atoms with Crippen molar-refractivity contribution in [1.82, 2.24) is 19.7 Å². The summed E-state index contributed by atoms with van der Waals surface area (Å²) in [5.41, 5.74) is 0.884. The van der Waals surface area contributed by atoms with Gasteiger partial charge < -0.3 is 4.42 Å². The average molecular weight is 342 g/mol. The highest BCUT2D eigenvalue weighted by atomic mass is 16.4. The molecule has 0 amide bonds. The minimum absolute atomic E-state index is 0.0202. The lowest BCUT2D eigenvalue weighted by molar-refractivity contribution is 0.0674. The van der Waals surface area contributed by atoms with E-state index in [4.69, 9.17) is 4.42 Å². The van der Waals surface area contributed by atoms with Gasteiger partial charge in [0.1, 0.15) is 5.76 Å². The van der Waals surface area contributed by atoms with Crippen LogP contribution in [0.3, 0.4) is 0 Å². The Labute approximate surface area is 147 Å². The average Bonchev–Trinajstić information content (AvgIpc) is 3.25. The Morgan fingerprint density at radius 3 is 2.68 bits per heavy atom. The molecule has 6 nitrogen and oxygen atoms in total. The third kappa shape index (κ3) is 3.68. The van der Waals surface area contributed by atoms with Crippen molar-refractivity contribution >= 4 is 0 Å². The Morgan fingerprint density at radius 2 is 2.00 bits per heavy atom. The predicted octanol–water partition coefficient (Wildman–Crippen LogP) is 2.54. The summed E-state index contributed by atoms with van der Waals surface area (Å²) < 4.78 is 7.44. The van der Waals surface area contributed by atoms with Crippen LogP contribution in [0.15, 0.2) is 27.5 Å². The van der Waals surface area contributed by atoms with E-state index in [0.29, 0.717) is 18.4 Å². The SMILES string of the molecule is CC(C)(C)c1ccc(=O)n(CC2CN(Cc3ncc(C4CC4)o3)C2)n1. The van der Waals surface area contributed by atoms with E-state index in [-0.39, 0.29) is 11.0 Å². The zero-order chi connectivity index (χ0) is 17.6. The van der Waals surface area contributed by atoms with E-state index in [2.05, 4.69) is 35.8 Å². The summed E-state index contributed by atoms with van der Waals surface area (Å²) in [6.45, 7) is 9.68. The van der Waals surface area contributed by atoms with E-state index in [0.717, 1.165) is 37.0 Å². The number of rotatable bonds is 5. The smallest absolute Gasteiger partial charge is 0.266 e. The quantitative estimate of drug-likeness (QED) is 0.835. The van der Waals surface area contributed by atoms with Gasteiger partial charge >= 0.3 is 0 Å². The normalized spacial score (nSPS) is 19.2. The fraction of sp³-hybridized carbons (Fsp3) is 0.632. The maximum atomic E-state index is 12.1. The summed E-state index contributed by atoms with van der Waals surface area (Å²) in [5.74, 6) is 2.92. The fourth-order valence-corrected chi connectivity index (χ4v) is 3.29. The van der Waals surface area contributed by atoms with Gasteiger partial charge in [-0.3, -0.25) is 9.69 Å². The number of likely N-dealkylation sites (tertiary alicyclic amines) is 1. The summed E-state index contributed by atoms with van der Waals surface area (Å²) in [5, 5.41) is 4.56. The van der Waals surface area contributed by atoms with Gasteiger partial charge in [0.2, 0.25) is 5.89 Å². The maximum Gasteiger partial charge on any atom is 0.266 e. The largest absolute Gasteiger partial charge is 0.444 e. The molecule has 0 unspecified atom stereocenters. The van der Waals surface area contributed by atoms with E-state index in [1.165, 1.54) is 12.8 Å². The van der Waals surface area contributed by atoms with E-state index in [1.54, 1.807) is 10.7 Å². The molecule has 4 rings (SSSR count). The van der Waals surface area contributed by atoms with Crippen LogP contribution in [0.1, 0.15) is 56.9 Å². The number of hydrogen-bond acceptors (Lipinski definition) is 5. The zero-order valence-electron chi connectivity index (χ0n) is 15.2. The van der Waals surface area contributed by atoms with E-state index < -0.39 is 0 Å². The van der Waals surface area contributed by atoms with Crippen molar-refractivity contribution in [2.24, 2.45) is 5.92 Å². The molecule has 2 aromatic rings. The van der Waals surface area contributed by atoms with Gasteiger partial charge in [-0.15, -0.1) is 0 Å². The molecule has 1 aliphatic carbocycles. The minimum Gasteiger partial charge on any atom is -0.444 e. The summed E-state index contributed by atoms with van der Waals surface area (Å²) in [7, 11) is 0. The number of aromatic nitrogens is 3. The lowest BCUT2D eigenvalue weighted by Crippen LogP contribution is -2.49. The van der Waals surface area contributed by atoms with E-state index in [1.807, 2.05) is 12.3 Å². The van der Waals surface area contributed by atoms with Crippen LogP contribution in [0.2, 0.25) is 0 Å². The molecule has 6 heteroatoms. The molecule has 0 bridgehead atoms. The van der Waals surface area contributed by atoms with Crippen molar-refractivity contribution in [3.8, 4) is 0 Å². The Bertz CT molecular complexity index is 807. The van der Waals surface area contributed by atoms with Crippen LogP contribution in [0.4, 0.5) is 0 Å². The lowest BCUT2D eigenvalue weighted by Gasteiger charge is -2.38. The highest BCUT2D eigenvalue weighted by Crippen LogP contribution is 2.40. The predicted molar refractivity (Wildman–Crippen MR) is 94.4 cm³/mol. The first kappa shape index (κ1) is 16.5. The molecule has 134 valence electrons. The van der Waals surface area contributed by atoms with Crippen molar-refractivity contribution < 1.29 is 4.42 Å². The second-order valence-electron chi connectivity index (χ2n) is 8.48. The first-order chi connectivity index (χ1) is 11.9. The molecule has 0 aromatic carbocycles. The standard InChI is InChI=1S/C19H26N4O2/c1-19(2,3)16-6-7-18(24)23(21-16)11-13-9-22(10-13)12-17-20-8-15(25-17)14-4-5-14/h6-8,13-14H,4-5,9-12H2,1-3H3. The highest BCUT2D eigenvalue weighted by molar-refractivity contribution is 5.11. The molecule has 0 radical (unpaired) electrons. The van der Waals surface area contributed by atoms with Crippen LogP contribution in [-0.4, -0.2) is 32.8 Å². The summed E-state index contributed by atoms with van der Waals surface area (Å²) in [6.07, 6.45) is 4.34. The van der Waals surface area contributed by atoms with Crippen LogP contribution in [-0.2, 0) is 18.5 Å². The summed E-state index contributed by atoms with van der Waals surface area (Å²) in [4.78, 5) is 18.8. The van der Waals surface area contributed by atoms with Crippen LogP contribution in [0.25, 0.3) is 0 Å². The topological polar surface area (TPSA) is 64.2 Å². The molecule has 25 heavy (non-hydrogen) atoms. The second-order valence-corrected chi connectivity index (χ2v) is 8.48. The number of hydrogen-bond donors (Lipinski definition) is 0. The van der Waals surface area contributed by atoms with Crippen LogP contribution in [0, 0.1) is 5.92 Å². The van der Waals surface area contributed by atoms with Crippen LogP contribution >= 0.6 is 0 Å². The van der Waals surface area contributed by atoms with Gasteiger partial charge in [0.25, 0.3) is 5.56 Å². The highest BCUT2D eigenvalue weighted by Gasteiger charge is 2.31. The van der Waals surface area contributed by atoms with Crippen molar-refractivity contribution in [2.75, 3.05) is 13.1 Å². The second kappa shape index (κ2) is 6.09. The third-order valence-electron chi connectivity index (χ3n) is 5.01. The molecule has 2 aromatic heterocycles.